The van der Waals surface area contributed by atoms with E-state index in [2.05, 4.69) is 11.8 Å². The second-order valence-corrected chi connectivity index (χ2v) is 4.74. The van der Waals surface area contributed by atoms with Gasteiger partial charge in [0.2, 0.25) is 0 Å². The lowest BCUT2D eigenvalue weighted by Crippen LogP contribution is -2.55. The molecule has 0 amide bonds. The summed E-state index contributed by atoms with van der Waals surface area (Å²) in [5, 5.41) is 0. The van der Waals surface area contributed by atoms with Gasteiger partial charge in [-0.25, -0.2) is 0 Å². The summed E-state index contributed by atoms with van der Waals surface area (Å²) in [7, 11) is 0. The van der Waals surface area contributed by atoms with E-state index >= 15 is 0 Å². The fourth-order valence-corrected chi connectivity index (χ4v) is 2.55. The Hall–Kier alpha value is -0.650. The molecule has 0 aromatic heterocycles. The van der Waals surface area contributed by atoms with E-state index in [1.54, 1.807) is 0 Å². The Morgan fingerprint density at radius 1 is 1.35 bits per heavy atom. The number of hydrogen-bond acceptors (Lipinski definition) is 5. The third kappa shape index (κ3) is 3.40. The topological polar surface area (TPSA) is 48.0 Å². The predicted octanol–water partition coefficient (Wildman–Crippen LogP) is 0.428. The first kappa shape index (κ1) is 12.8. The standard InChI is InChI=1S/C12H21NO4/c1-9-7-11(13-3-5-15-6-4-13)12(8-16-9)17-10(2)14/h9,11-12H,3-8H2,1-2H3. The lowest BCUT2D eigenvalue weighted by atomic mass is 9.99. The molecule has 0 N–H and O–H groups in total. The number of hydrogen-bond donors (Lipinski definition) is 0. The molecule has 0 aromatic rings. The number of esters is 1. The van der Waals surface area contributed by atoms with E-state index in [-0.39, 0.29) is 24.2 Å². The van der Waals surface area contributed by atoms with Gasteiger partial charge in [0.15, 0.2) is 0 Å². The lowest BCUT2D eigenvalue weighted by Gasteiger charge is -2.42. The van der Waals surface area contributed by atoms with Crippen molar-refractivity contribution in [2.24, 2.45) is 0 Å². The molecular weight excluding hydrogens is 222 g/mol. The van der Waals surface area contributed by atoms with Crippen molar-refractivity contribution in [1.29, 1.82) is 0 Å². The van der Waals surface area contributed by atoms with E-state index in [0.29, 0.717) is 6.61 Å². The molecule has 3 unspecified atom stereocenters. The van der Waals surface area contributed by atoms with Crippen LogP contribution in [0.5, 0.6) is 0 Å². The van der Waals surface area contributed by atoms with E-state index in [4.69, 9.17) is 14.2 Å². The minimum Gasteiger partial charge on any atom is -0.458 e. The molecule has 2 aliphatic rings. The van der Waals surface area contributed by atoms with Crippen LogP contribution in [-0.4, -0.2) is 62.0 Å². The second kappa shape index (κ2) is 5.80. The average molecular weight is 243 g/mol. The molecule has 0 spiro atoms. The molecule has 0 bridgehead atoms. The Bertz CT molecular complexity index is 265. The number of nitrogens with zero attached hydrogens (tertiary/aromatic N) is 1. The molecule has 0 saturated carbocycles. The van der Waals surface area contributed by atoms with Gasteiger partial charge in [-0.15, -0.1) is 0 Å². The van der Waals surface area contributed by atoms with Crippen LogP contribution in [-0.2, 0) is 19.0 Å². The smallest absolute Gasteiger partial charge is 0.303 e. The van der Waals surface area contributed by atoms with Crippen molar-refractivity contribution in [3.8, 4) is 0 Å². The van der Waals surface area contributed by atoms with Gasteiger partial charge in [-0.2, -0.15) is 0 Å². The van der Waals surface area contributed by atoms with Crippen molar-refractivity contribution in [2.75, 3.05) is 32.9 Å². The van der Waals surface area contributed by atoms with Crippen molar-refractivity contribution in [3.63, 3.8) is 0 Å². The van der Waals surface area contributed by atoms with Crippen molar-refractivity contribution in [2.45, 2.75) is 38.5 Å². The highest BCUT2D eigenvalue weighted by atomic mass is 16.6. The highest BCUT2D eigenvalue weighted by molar-refractivity contribution is 5.66. The van der Waals surface area contributed by atoms with Gasteiger partial charge in [0.25, 0.3) is 0 Å². The second-order valence-electron chi connectivity index (χ2n) is 4.74. The lowest BCUT2D eigenvalue weighted by molar-refractivity contribution is -0.167. The molecular formula is C12H21NO4. The Labute approximate surface area is 102 Å². The number of morpholine rings is 1. The summed E-state index contributed by atoms with van der Waals surface area (Å²) in [5.41, 5.74) is 0. The molecule has 98 valence electrons. The molecule has 2 heterocycles. The van der Waals surface area contributed by atoms with E-state index in [1.165, 1.54) is 6.92 Å². The van der Waals surface area contributed by atoms with Gasteiger partial charge >= 0.3 is 5.97 Å². The Kier molecular flexibility index (Phi) is 4.36. The van der Waals surface area contributed by atoms with E-state index in [0.717, 1.165) is 32.7 Å². The van der Waals surface area contributed by atoms with E-state index in [1.807, 2.05) is 0 Å². The molecule has 2 fully saturated rings. The molecule has 0 aromatic carbocycles. The third-order valence-corrected chi connectivity index (χ3v) is 3.38. The molecule has 5 heteroatoms. The first-order chi connectivity index (χ1) is 8.16. The van der Waals surface area contributed by atoms with Crippen LogP contribution in [0, 0.1) is 0 Å². The van der Waals surface area contributed by atoms with Gasteiger partial charge < -0.3 is 14.2 Å². The molecule has 2 rings (SSSR count). The van der Waals surface area contributed by atoms with Crippen LogP contribution in [0.25, 0.3) is 0 Å². The fraction of sp³-hybridized carbons (Fsp3) is 0.917. The van der Waals surface area contributed by atoms with E-state index in [9.17, 15) is 4.79 Å². The van der Waals surface area contributed by atoms with Crippen molar-refractivity contribution in [1.82, 2.24) is 4.90 Å². The number of ether oxygens (including phenoxy) is 3. The summed E-state index contributed by atoms with van der Waals surface area (Å²) in [6.45, 7) is 7.37. The minimum absolute atomic E-state index is 0.137. The zero-order valence-corrected chi connectivity index (χ0v) is 10.6. The molecule has 2 aliphatic heterocycles. The zero-order chi connectivity index (χ0) is 12.3. The Balaban J connectivity index is 1.99. The van der Waals surface area contributed by atoms with Gasteiger partial charge in [0, 0.05) is 20.0 Å². The van der Waals surface area contributed by atoms with Gasteiger partial charge in [0.1, 0.15) is 6.10 Å². The van der Waals surface area contributed by atoms with Crippen LogP contribution in [0.15, 0.2) is 0 Å². The van der Waals surface area contributed by atoms with Crippen LogP contribution in [0.3, 0.4) is 0 Å². The molecule has 0 aliphatic carbocycles. The van der Waals surface area contributed by atoms with Crippen LogP contribution in [0.2, 0.25) is 0 Å². The zero-order valence-electron chi connectivity index (χ0n) is 10.6. The number of carbonyl (C=O) groups is 1. The van der Waals surface area contributed by atoms with Gasteiger partial charge in [-0.3, -0.25) is 9.69 Å². The van der Waals surface area contributed by atoms with Crippen LogP contribution in [0.4, 0.5) is 0 Å². The van der Waals surface area contributed by atoms with Crippen molar-refractivity contribution in [3.05, 3.63) is 0 Å². The first-order valence-corrected chi connectivity index (χ1v) is 6.27. The molecule has 2 saturated heterocycles. The summed E-state index contributed by atoms with van der Waals surface area (Å²) < 4.78 is 16.3. The highest BCUT2D eigenvalue weighted by Crippen LogP contribution is 2.22. The summed E-state index contributed by atoms with van der Waals surface area (Å²) in [6.07, 6.45) is 1.01. The maximum atomic E-state index is 11.1. The predicted molar refractivity (Wildman–Crippen MR) is 61.8 cm³/mol. The normalized spacial score (nSPS) is 35.5. The Morgan fingerprint density at radius 2 is 2.06 bits per heavy atom. The quantitative estimate of drug-likeness (QED) is 0.658. The molecule has 0 radical (unpaired) electrons. The maximum Gasteiger partial charge on any atom is 0.303 e. The monoisotopic (exact) mass is 243 g/mol. The number of rotatable bonds is 2. The van der Waals surface area contributed by atoms with Crippen molar-refractivity contribution < 1.29 is 19.0 Å². The molecule has 17 heavy (non-hydrogen) atoms. The van der Waals surface area contributed by atoms with Crippen molar-refractivity contribution >= 4 is 5.97 Å². The highest BCUT2D eigenvalue weighted by Gasteiger charge is 2.36. The van der Waals surface area contributed by atoms with E-state index < -0.39 is 0 Å². The average Bonchev–Trinajstić information content (AvgIpc) is 2.32. The summed E-state index contributed by atoms with van der Waals surface area (Å²) in [6, 6.07) is 0.270. The third-order valence-electron chi connectivity index (χ3n) is 3.38. The van der Waals surface area contributed by atoms with Crippen LogP contribution in [0.1, 0.15) is 20.3 Å². The van der Waals surface area contributed by atoms with Gasteiger partial charge in [-0.05, 0) is 13.3 Å². The van der Waals surface area contributed by atoms with Gasteiger partial charge in [0.05, 0.1) is 32.0 Å². The maximum absolute atomic E-state index is 11.1. The number of carbonyl (C=O) groups excluding carboxylic acids is 1. The Morgan fingerprint density at radius 3 is 2.71 bits per heavy atom. The van der Waals surface area contributed by atoms with Crippen LogP contribution < -0.4 is 0 Å². The fourth-order valence-electron chi connectivity index (χ4n) is 2.55. The largest absolute Gasteiger partial charge is 0.458 e. The first-order valence-electron chi connectivity index (χ1n) is 6.27. The molecule has 3 atom stereocenters. The summed E-state index contributed by atoms with van der Waals surface area (Å²) in [4.78, 5) is 13.5. The molecule has 5 nitrogen and oxygen atoms in total. The minimum atomic E-state index is -0.230. The summed E-state index contributed by atoms with van der Waals surface area (Å²) >= 11 is 0. The van der Waals surface area contributed by atoms with Crippen LogP contribution >= 0.6 is 0 Å². The SMILES string of the molecule is CC(=O)OC1COC(C)CC1N1CCOCC1. The van der Waals surface area contributed by atoms with Gasteiger partial charge in [-0.1, -0.05) is 0 Å². The summed E-state index contributed by atoms with van der Waals surface area (Å²) in [5.74, 6) is -0.230.